The molecule has 1 amide bonds. The van der Waals surface area contributed by atoms with Gasteiger partial charge in [0, 0.05) is 43.3 Å². The van der Waals surface area contributed by atoms with Crippen LogP contribution in [0.4, 0.5) is 5.69 Å². The van der Waals surface area contributed by atoms with Gasteiger partial charge in [-0.15, -0.1) is 0 Å². The average Bonchev–Trinajstić information content (AvgIpc) is 3.24. The van der Waals surface area contributed by atoms with Crippen molar-refractivity contribution < 1.29 is 9.53 Å². The summed E-state index contributed by atoms with van der Waals surface area (Å²) >= 11 is 0. The minimum absolute atomic E-state index is 0.0185. The maximum absolute atomic E-state index is 12.7. The van der Waals surface area contributed by atoms with E-state index in [1.807, 2.05) is 4.90 Å². The summed E-state index contributed by atoms with van der Waals surface area (Å²) in [6.07, 6.45) is 3.45. The second kappa shape index (κ2) is 6.30. The van der Waals surface area contributed by atoms with E-state index in [1.165, 1.54) is 18.4 Å². The maximum Gasteiger partial charge on any atom is 0.247 e. The highest BCUT2D eigenvalue weighted by molar-refractivity contribution is 6.00. The van der Waals surface area contributed by atoms with Crippen LogP contribution in [0.25, 0.3) is 0 Å². The molecule has 1 saturated carbocycles. The van der Waals surface area contributed by atoms with Gasteiger partial charge in [-0.05, 0) is 37.0 Å². The number of nitrogens with zero attached hydrogens (tertiary/aromatic N) is 3. The summed E-state index contributed by atoms with van der Waals surface area (Å²) < 4.78 is 5.47. The Morgan fingerprint density at radius 3 is 2.50 bits per heavy atom. The number of anilines is 1. The Hall–Kier alpha value is -1.47. The lowest BCUT2D eigenvalue weighted by molar-refractivity contribution is -0.119. The van der Waals surface area contributed by atoms with E-state index in [4.69, 9.17) is 10.5 Å². The number of ether oxygens (including phenoxy) is 1. The summed E-state index contributed by atoms with van der Waals surface area (Å²) in [5.41, 5.74) is 8.85. The maximum atomic E-state index is 12.7. The summed E-state index contributed by atoms with van der Waals surface area (Å²) in [6.45, 7) is 6.52. The van der Waals surface area contributed by atoms with Gasteiger partial charge in [-0.25, -0.2) is 0 Å². The molecular weight excluding hydrogens is 328 g/mol. The third-order valence-electron chi connectivity index (χ3n) is 6.67. The van der Waals surface area contributed by atoms with Crippen molar-refractivity contribution in [1.82, 2.24) is 9.80 Å². The standard InChI is InChI=1S/C20H28N4O2/c21-17-5-8-23-14-24(19(25)18(17)23)16-3-1-15(2-4-16)20(6-7-20)13-22-9-11-26-12-10-22/h1-4,17-18H,5-14,21H2/t17-,18+/m1/s1. The largest absolute Gasteiger partial charge is 0.379 e. The number of hydrogen-bond donors (Lipinski definition) is 1. The Labute approximate surface area is 154 Å². The lowest BCUT2D eigenvalue weighted by atomic mass is 9.94. The number of carbonyl (C=O) groups excluding carboxylic acids is 1. The Bertz CT molecular complexity index is 682. The predicted molar refractivity (Wildman–Crippen MR) is 100 cm³/mol. The molecule has 6 heteroatoms. The first kappa shape index (κ1) is 16.7. The number of rotatable bonds is 4. The van der Waals surface area contributed by atoms with Gasteiger partial charge in [-0.1, -0.05) is 12.1 Å². The normalized spacial score (nSPS) is 31.4. The number of fused-ring (bicyclic) bond motifs is 1. The van der Waals surface area contributed by atoms with E-state index in [9.17, 15) is 4.79 Å². The number of hydrogen-bond acceptors (Lipinski definition) is 5. The molecule has 1 aromatic carbocycles. The van der Waals surface area contributed by atoms with Gasteiger partial charge in [-0.3, -0.25) is 19.5 Å². The Balaban J connectivity index is 1.30. The molecule has 4 aliphatic rings. The number of morpholine rings is 1. The highest BCUT2D eigenvalue weighted by Crippen LogP contribution is 2.49. The lowest BCUT2D eigenvalue weighted by Gasteiger charge is -2.31. The van der Waals surface area contributed by atoms with Crippen molar-refractivity contribution >= 4 is 11.6 Å². The minimum Gasteiger partial charge on any atom is -0.379 e. The summed E-state index contributed by atoms with van der Waals surface area (Å²) in [4.78, 5) is 19.4. The van der Waals surface area contributed by atoms with Gasteiger partial charge < -0.3 is 10.5 Å². The van der Waals surface area contributed by atoms with Crippen LogP contribution in [0.5, 0.6) is 0 Å². The fourth-order valence-electron chi connectivity index (χ4n) is 4.87. The molecule has 3 aliphatic heterocycles. The van der Waals surface area contributed by atoms with Crippen LogP contribution in [0.15, 0.2) is 24.3 Å². The molecule has 1 aromatic rings. The first-order valence-corrected chi connectivity index (χ1v) is 9.88. The third kappa shape index (κ3) is 2.76. The van der Waals surface area contributed by atoms with Gasteiger partial charge in [0.15, 0.2) is 0 Å². The van der Waals surface area contributed by atoms with Gasteiger partial charge in [0.1, 0.15) is 6.04 Å². The van der Waals surface area contributed by atoms with E-state index in [0.29, 0.717) is 12.1 Å². The minimum atomic E-state index is -0.120. The molecule has 0 bridgehead atoms. The molecule has 26 heavy (non-hydrogen) atoms. The zero-order chi connectivity index (χ0) is 17.7. The fourth-order valence-corrected chi connectivity index (χ4v) is 4.87. The molecule has 3 heterocycles. The van der Waals surface area contributed by atoms with E-state index < -0.39 is 0 Å². The van der Waals surface area contributed by atoms with Gasteiger partial charge in [0.2, 0.25) is 5.91 Å². The molecule has 140 valence electrons. The quantitative estimate of drug-likeness (QED) is 0.863. The molecule has 0 aromatic heterocycles. The smallest absolute Gasteiger partial charge is 0.247 e. The van der Waals surface area contributed by atoms with Crippen LogP contribution in [-0.4, -0.2) is 73.9 Å². The van der Waals surface area contributed by atoms with Gasteiger partial charge in [-0.2, -0.15) is 0 Å². The molecule has 2 N–H and O–H groups in total. The summed E-state index contributed by atoms with van der Waals surface area (Å²) in [6, 6.07) is 8.58. The first-order valence-electron chi connectivity index (χ1n) is 9.88. The highest BCUT2D eigenvalue weighted by Gasteiger charge is 2.47. The molecule has 1 aliphatic carbocycles. The molecule has 0 spiro atoms. The summed E-state index contributed by atoms with van der Waals surface area (Å²) in [7, 11) is 0. The van der Waals surface area contributed by atoms with Crippen molar-refractivity contribution in [2.24, 2.45) is 5.73 Å². The molecule has 3 saturated heterocycles. The van der Waals surface area contributed by atoms with Crippen molar-refractivity contribution in [2.75, 3.05) is 51.0 Å². The summed E-state index contributed by atoms with van der Waals surface area (Å²) in [5, 5.41) is 0. The van der Waals surface area contributed by atoms with Crippen molar-refractivity contribution in [3.05, 3.63) is 29.8 Å². The van der Waals surface area contributed by atoms with Gasteiger partial charge in [0.05, 0.1) is 19.9 Å². The average molecular weight is 356 g/mol. The van der Waals surface area contributed by atoms with Crippen molar-refractivity contribution in [2.45, 2.75) is 36.8 Å². The topological polar surface area (TPSA) is 62.0 Å². The first-order chi connectivity index (χ1) is 12.7. The van der Waals surface area contributed by atoms with E-state index in [2.05, 4.69) is 34.1 Å². The molecular formula is C20H28N4O2. The molecule has 0 radical (unpaired) electrons. The Morgan fingerprint density at radius 1 is 1.12 bits per heavy atom. The predicted octanol–water partition coefficient (Wildman–Crippen LogP) is 0.756. The number of carbonyl (C=O) groups is 1. The van der Waals surface area contributed by atoms with Crippen LogP contribution in [-0.2, 0) is 14.9 Å². The van der Waals surface area contributed by atoms with Crippen LogP contribution in [0, 0.1) is 0 Å². The SMILES string of the molecule is N[C@@H]1CCN2CN(c3ccc(C4(CN5CCOCC5)CC4)cc3)C(=O)[C@H]12. The van der Waals surface area contributed by atoms with Crippen molar-refractivity contribution in [3.8, 4) is 0 Å². The number of benzene rings is 1. The number of amides is 1. The van der Waals surface area contributed by atoms with Gasteiger partial charge in [0.25, 0.3) is 0 Å². The molecule has 4 fully saturated rings. The molecule has 5 rings (SSSR count). The molecule has 0 unspecified atom stereocenters. The van der Waals surface area contributed by atoms with Crippen LogP contribution in [0.2, 0.25) is 0 Å². The molecule has 6 nitrogen and oxygen atoms in total. The van der Waals surface area contributed by atoms with Crippen molar-refractivity contribution in [3.63, 3.8) is 0 Å². The monoisotopic (exact) mass is 356 g/mol. The number of nitrogens with two attached hydrogens (primary N) is 1. The van der Waals surface area contributed by atoms with Crippen LogP contribution in [0.3, 0.4) is 0 Å². The van der Waals surface area contributed by atoms with Crippen LogP contribution >= 0.6 is 0 Å². The Morgan fingerprint density at radius 2 is 1.85 bits per heavy atom. The Kier molecular flexibility index (Phi) is 4.05. The van der Waals surface area contributed by atoms with E-state index in [0.717, 1.165) is 51.5 Å². The second-order valence-corrected chi connectivity index (χ2v) is 8.33. The van der Waals surface area contributed by atoms with Crippen molar-refractivity contribution in [1.29, 1.82) is 0 Å². The fraction of sp³-hybridized carbons (Fsp3) is 0.650. The van der Waals surface area contributed by atoms with E-state index in [-0.39, 0.29) is 18.0 Å². The van der Waals surface area contributed by atoms with E-state index >= 15 is 0 Å². The summed E-state index contributed by atoms with van der Waals surface area (Å²) in [5.74, 6) is 0.164. The second-order valence-electron chi connectivity index (χ2n) is 8.33. The molecule has 2 atom stereocenters. The zero-order valence-electron chi connectivity index (χ0n) is 15.3. The zero-order valence-corrected chi connectivity index (χ0v) is 15.3. The van der Waals surface area contributed by atoms with Crippen LogP contribution < -0.4 is 10.6 Å². The third-order valence-corrected chi connectivity index (χ3v) is 6.67. The van der Waals surface area contributed by atoms with Gasteiger partial charge >= 0.3 is 0 Å². The highest BCUT2D eigenvalue weighted by atomic mass is 16.5. The van der Waals surface area contributed by atoms with E-state index in [1.54, 1.807) is 0 Å². The van der Waals surface area contributed by atoms with Crippen LogP contribution in [0.1, 0.15) is 24.8 Å². The lowest BCUT2D eigenvalue weighted by Crippen LogP contribution is -2.41.